The zero-order valence-corrected chi connectivity index (χ0v) is 19.6. The molecule has 0 aliphatic rings. The molecule has 0 spiro atoms. The number of para-hydroxylation sites is 1. The highest BCUT2D eigenvalue weighted by molar-refractivity contribution is 9.10. The number of rotatable bonds is 11. The second-order valence-corrected chi connectivity index (χ2v) is 7.30. The Bertz CT molecular complexity index is 1030. The summed E-state index contributed by atoms with van der Waals surface area (Å²) in [6.45, 7) is 1.66. The highest BCUT2D eigenvalue weighted by atomic mass is 79.9. The van der Waals surface area contributed by atoms with Crippen LogP contribution >= 0.6 is 15.9 Å². The number of hydrogen-bond donors (Lipinski definition) is 2. The summed E-state index contributed by atoms with van der Waals surface area (Å²) in [6.07, 6.45) is 1.10. The summed E-state index contributed by atoms with van der Waals surface area (Å²) in [7, 11) is 1.44. The van der Waals surface area contributed by atoms with Crippen LogP contribution in [-0.2, 0) is 19.1 Å². The monoisotopic (exact) mass is 523 g/mol. The van der Waals surface area contributed by atoms with E-state index in [1.54, 1.807) is 25.1 Å². The van der Waals surface area contributed by atoms with Crippen molar-refractivity contribution < 1.29 is 33.0 Å². The van der Waals surface area contributed by atoms with Gasteiger partial charge in [-0.3, -0.25) is 9.59 Å². The number of nitrogens with one attached hydrogen (secondary N) is 2. The van der Waals surface area contributed by atoms with E-state index in [9.17, 15) is 18.8 Å². The molecule has 2 amide bonds. The van der Waals surface area contributed by atoms with Crippen molar-refractivity contribution in [2.24, 2.45) is 5.10 Å². The van der Waals surface area contributed by atoms with Gasteiger partial charge in [0.25, 0.3) is 0 Å². The number of carbonyl (C=O) groups is 3. The molecule has 0 aliphatic heterocycles. The lowest BCUT2D eigenvalue weighted by molar-refractivity contribution is -0.145. The van der Waals surface area contributed by atoms with Crippen LogP contribution in [0.4, 0.5) is 10.1 Å². The Kier molecular flexibility index (Phi) is 10.3. The SMILES string of the molecule is CCOC(=O)COc1c(Br)cc(C=NNC(=O)CCC(=O)Nc2ccccc2F)cc1OC. The van der Waals surface area contributed by atoms with Gasteiger partial charge < -0.3 is 19.5 Å². The number of esters is 1. The molecule has 0 atom stereocenters. The topological polar surface area (TPSA) is 115 Å². The largest absolute Gasteiger partial charge is 0.493 e. The number of carbonyl (C=O) groups excluding carboxylic acids is 3. The van der Waals surface area contributed by atoms with E-state index in [1.807, 2.05) is 0 Å². The first-order valence-corrected chi connectivity index (χ1v) is 10.7. The van der Waals surface area contributed by atoms with Crippen molar-refractivity contribution in [2.45, 2.75) is 19.8 Å². The Labute approximate surface area is 198 Å². The molecule has 11 heteroatoms. The fourth-order valence-electron chi connectivity index (χ4n) is 2.53. The molecule has 2 aromatic rings. The summed E-state index contributed by atoms with van der Waals surface area (Å²) in [6, 6.07) is 9.00. The maximum absolute atomic E-state index is 13.5. The van der Waals surface area contributed by atoms with Crippen molar-refractivity contribution in [1.29, 1.82) is 0 Å². The first-order chi connectivity index (χ1) is 15.8. The molecule has 0 aliphatic carbocycles. The number of ether oxygens (including phenoxy) is 3. The maximum Gasteiger partial charge on any atom is 0.344 e. The summed E-state index contributed by atoms with van der Waals surface area (Å²) in [4.78, 5) is 35.3. The van der Waals surface area contributed by atoms with Gasteiger partial charge in [-0.1, -0.05) is 12.1 Å². The van der Waals surface area contributed by atoms with Crippen molar-refractivity contribution >= 4 is 45.6 Å². The number of amides is 2. The molecular weight excluding hydrogens is 501 g/mol. The van der Waals surface area contributed by atoms with E-state index in [1.165, 1.54) is 31.5 Å². The standard InChI is InChI=1S/C22H23BrFN3O6/c1-3-32-21(30)13-33-22-15(23)10-14(11-18(22)31-2)12-25-27-20(29)9-8-19(28)26-17-7-5-4-6-16(17)24/h4-7,10-12H,3,8-9,13H2,1-2H3,(H,26,28)(H,27,29). The quantitative estimate of drug-likeness (QED) is 0.265. The minimum Gasteiger partial charge on any atom is -0.493 e. The molecule has 176 valence electrons. The molecule has 0 unspecified atom stereocenters. The van der Waals surface area contributed by atoms with Gasteiger partial charge in [0.05, 0.1) is 30.1 Å². The number of benzene rings is 2. The smallest absolute Gasteiger partial charge is 0.344 e. The van der Waals surface area contributed by atoms with E-state index in [0.29, 0.717) is 21.5 Å². The molecule has 0 saturated carbocycles. The summed E-state index contributed by atoms with van der Waals surface area (Å²) in [5.74, 6) is -1.40. The van der Waals surface area contributed by atoms with Crippen molar-refractivity contribution in [3.05, 3.63) is 52.3 Å². The predicted octanol–water partition coefficient (Wildman–Crippen LogP) is 3.41. The zero-order valence-electron chi connectivity index (χ0n) is 18.0. The van der Waals surface area contributed by atoms with E-state index in [-0.39, 0.29) is 31.7 Å². The average Bonchev–Trinajstić information content (AvgIpc) is 2.78. The third kappa shape index (κ3) is 8.53. The van der Waals surface area contributed by atoms with Crippen LogP contribution in [0, 0.1) is 5.82 Å². The highest BCUT2D eigenvalue weighted by Crippen LogP contribution is 2.36. The third-order valence-electron chi connectivity index (χ3n) is 4.02. The first kappa shape index (κ1) is 25.8. The first-order valence-electron chi connectivity index (χ1n) is 9.86. The van der Waals surface area contributed by atoms with Gasteiger partial charge in [0.2, 0.25) is 11.8 Å². The fourth-order valence-corrected chi connectivity index (χ4v) is 3.10. The van der Waals surface area contributed by atoms with Crippen molar-refractivity contribution in [2.75, 3.05) is 25.6 Å². The molecule has 9 nitrogen and oxygen atoms in total. The van der Waals surface area contributed by atoms with Gasteiger partial charge in [-0.25, -0.2) is 14.6 Å². The number of anilines is 1. The Morgan fingerprint density at radius 1 is 1.15 bits per heavy atom. The molecule has 33 heavy (non-hydrogen) atoms. The van der Waals surface area contributed by atoms with Crippen LogP contribution in [0.5, 0.6) is 11.5 Å². The van der Waals surface area contributed by atoms with Crippen LogP contribution in [0.15, 0.2) is 46.0 Å². The molecule has 2 aromatic carbocycles. The molecule has 0 saturated heterocycles. The lowest BCUT2D eigenvalue weighted by atomic mass is 10.2. The maximum atomic E-state index is 13.5. The number of halogens is 2. The van der Waals surface area contributed by atoms with Gasteiger partial charge in [-0.2, -0.15) is 5.10 Å². The van der Waals surface area contributed by atoms with Crippen LogP contribution in [0.2, 0.25) is 0 Å². The Morgan fingerprint density at radius 2 is 1.88 bits per heavy atom. The molecule has 0 bridgehead atoms. The Morgan fingerprint density at radius 3 is 2.58 bits per heavy atom. The van der Waals surface area contributed by atoms with E-state index in [0.717, 1.165) is 0 Å². The highest BCUT2D eigenvalue weighted by Gasteiger charge is 2.14. The van der Waals surface area contributed by atoms with E-state index < -0.39 is 23.6 Å². The van der Waals surface area contributed by atoms with Crippen LogP contribution in [-0.4, -0.2) is 44.3 Å². The van der Waals surface area contributed by atoms with Crippen LogP contribution in [0.25, 0.3) is 0 Å². The number of nitrogens with zero attached hydrogens (tertiary/aromatic N) is 1. The van der Waals surface area contributed by atoms with Crippen LogP contribution in [0.3, 0.4) is 0 Å². The summed E-state index contributed by atoms with van der Waals surface area (Å²) in [5, 5.41) is 6.26. The molecular formula is C22H23BrFN3O6. The van der Waals surface area contributed by atoms with Gasteiger partial charge in [-0.05, 0) is 52.7 Å². The van der Waals surface area contributed by atoms with Crippen molar-refractivity contribution in [3.63, 3.8) is 0 Å². The number of hydrazone groups is 1. The van der Waals surface area contributed by atoms with E-state index in [2.05, 4.69) is 31.8 Å². The Balaban J connectivity index is 1.87. The van der Waals surface area contributed by atoms with Gasteiger partial charge in [0.15, 0.2) is 18.1 Å². The number of methoxy groups -OCH3 is 1. The average molecular weight is 524 g/mol. The van der Waals surface area contributed by atoms with E-state index >= 15 is 0 Å². The van der Waals surface area contributed by atoms with Gasteiger partial charge >= 0.3 is 5.97 Å². The summed E-state index contributed by atoms with van der Waals surface area (Å²) in [5.41, 5.74) is 2.94. The minimum atomic E-state index is -0.557. The van der Waals surface area contributed by atoms with E-state index in [4.69, 9.17) is 14.2 Å². The minimum absolute atomic E-state index is 0.0511. The predicted molar refractivity (Wildman–Crippen MR) is 123 cm³/mol. The van der Waals surface area contributed by atoms with Gasteiger partial charge in [0, 0.05) is 12.8 Å². The second kappa shape index (κ2) is 13.2. The molecule has 0 fully saturated rings. The Hall–Kier alpha value is -3.47. The molecule has 0 radical (unpaired) electrons. The summed E-state index contributed by atoms with van der Waals surface area (Å²) < 4.78 is 29.6. The van der Waals surface area contributed by atoms with Crippen LogP contribution < -0.4 is 20.2 Å². The second-order valence-electron chi connectivity index (χ2n) is 6.45. The summed E-state index contributed by atoms with van der Waals surface area (Å²) >= 11 is 3.34. The number of hydrogen-bond acceptors (Lipinski definition) is 7. The fraction of sp³-hybridized carbons (Fsp3) is 0.273. The lowest BCUT2D eigenvalue weighted by Crippen LogP contribution is -2.21. The third-order valence-corrected chi connectivity index (χ3v) is 4.61. The van der Waals surface area contributed by atoms with Crippen molar-refractivity contribution in [3.8, 4) is 11.5 Å². The molecule has 0 heterocycles. The molecule has 0 aromatic heterocycles. The zero-order chi connectivity index (χ0) is 24.2. The molecule has 2 rings (SSSR count). The van der Waals surface area contributed by atoms with Gasteiger partial charge in [-0.15, -0.1) is 0 Å². The normalized spacial score (nSPS) is 10.5. The lowest BCUT2D eigenvalue weighted by Gasteiger charge is -2.13. The van der Waals surface area contributed by atoms with Crippen LogP contribution in [0.1, 0.15) is 25.3 Å². The molecule has 2 N–H and O–H groups in total. The van der Waals surface area contributed by atoms with Crippen molar-refractivity contribution in [1.82, 2.24) is 5.43 Å². The van der Waals surface area contributed by atoms with Gasteiger partial charge in [0.1, 0.15) is 5.82 Å².